The van der Waals surface area contributed by atoms with Crippen LogP contribution in [0.15, 0.2) is 22.7 Å². The number of halogens is 4. The topological polar surface area (TPSA) is 38.3 Å². The third-order valence-corrected chi connectivity index (χ3v) is 2.80. The van der Waals surface area contributed by atoms with Gasteiger partial charge in [-0.15, -0.1) is 0 Å². The number of benzene rings is 1. The Kier molecular flexibility index (Phi) is 4.61. The first-order chi connectivity index (χ1) is 8.25. The molecule has 18 heavy (non-hydrogen) atoms. The van der Waals surface area contributed by atoms with Crippen LogP contribution in [-0.4, -0.2) is 19.2 Å². The van der Waals surface area contributed by atoms with Crippen LogP contribution in [0.25, 0.3) is 0 Å². The lowest BCUT2D eigenvalue weighted by atomic mass is 10.1. The third kappa shape index (κ3) is 3.63. The SMILES string of the molecule is COc1ccc(C(NC(C)=O)C(F)(F)F)cc1Br. The maximum Gasteiger partial charge on any atom is 0.412 e. The number of nitrogens with one attached hydrogen (secondary N) is 1. The average Bonchev–Trinajstić information content (AvgIpc) is 2.24. The highest BCUT2D eigenvalue weighted by Crippen LogP contribution is 2.36. The largest absolute Gasteiger partial charge is 0.496 e. The monoisotopic (exact) mass is 325 g/mol. The van der Waals surface area contributed by atoms with Gasteiger partial charge in [-0.3, -0.25) is 4.79 Å². The van der Waals surface area contributed by atoms with Gasteiger partial charge in [0.1, 0.15) is 5.75 Å². The lowest BCUT2D eigenvalue weighted by molar-refractivity contribution is -0.162. The van der Waals surface area contributed by atoms with Crippen molar-refractivity contribution in [3.05, 3.63) is 28.2 Å². The van der Waals surface area contributed by atoms with Crippen molar-refractivity contribution in [2.24, 2.45) is 0 Å². The van der Waals surface area contributed by atoms with E-state index in [2.05, 4.69) is 15.9 Å². The first-order valence-corrected chi connectivity index (χ1v) is 5.72. The fourth-order valence-corrected chi connectivity index (χ4v) is 1.98. The molecule has 0 aliphatic rings. The first kappa shape index (κ1) is 14.8. The van der Waals surface area contributed by atoms with Gasteiger partial charge in [0.2, 0.25) is 5.91 Å². The summed E-state index contributed by atoms with van der Waals surface area (Å²) in [6, 6.07) is 1.90. The summed E-state index contributed by atoms with van der Waals surface area (Å²) in [6.07, 6.45) is -4.56. The summed E-state index contributed by atoms with van der Waals surface area (Å²) in [4.78, 5) is 10.8. The molecule has 1 unspecified atom stereocenters. The van der Waals surface area contributed by atoms with Crippen LogP contribution in [0.4, 0.5) is 13.2 Å². The van der Waals surface area contributed by atoms with E-state index in [0.717, 1.165) is 6.92 Å². The molecule has 0 aromatic heterocycles. The van der Waals surface area contributed by atoms with Crippen molar-refractivity contribution in [1.29, 1.82) is 0 Å². The van der Waals surface area contributed by atoms with Gasteiger partial charge in [0, 0.05) is 6.92 Å². The Hall–Kier alpha value is -1.24. The Balaban J connectivity index is 3.13. The van der Waals surface area contributed by atoms with Crippen LogP contribution in [0.2, 0.25) is 0 Å². The molecule has 1 aromatic carbocycles. The summed E-state index contributed by atoms with van der Waals surface area (Å²) in [6.45, 7) is 1.04. The summed E-state index contributed by atoms with van der Waals surface area (Å²) < 4.78 is 43.8. The van der Waals surface area contributed by atoms with Crippen LogP contribution in [-0.2, 0) is 4.79 Å². The van der Waals surface area contributed by atoms with E-state index < -0.39 is 18.1 Å². The lowest BCUT2D eigenvalue weighted by Crippen LogP contribution is -2.36. The van der Waals surface area contributed by atoms with Crippen molar-refractivity contribution in [3.8, 4) is 5.75 Å². The smallest absolute Gasteiger partial charge is 0.412 e. The van der Waals surface area contributed by atoms with Gasteiger partial charge in [0.05, 0.1) is 11.6 Å². The highest BCUT2D eigenvalue weighted by molar-refractivity contribution is 9.10. The second kappa shape index (κ2) is 5.60. The summed E-state index contributed by atoms with van der Waals surface area (Å²) in [7, 11) is 1.41. The predicted octanol–water partition coefficient (Wildman–Crippen LogP) is 3.20. The van der Waals surface area contributed by atoms with Crippen molar-refractivity contribution in [2.75, 3.05) is 7.11 Å². The molecule has 1 rings (SSSR count). The van der Waals surface area contributed by atoms with E-state index in [0.29, 0.717) is 10.2 Å². The van der Waals surface area contributed by atoms with Crippen molar-refractivity contribution < 1.29 is 22.7 Å². The molecule has 100 valence electrons. The number of ether oxygens (including phenoxy) is 1. The fourth-order valence-electron chi connectivity index (χ4n) is 1.42. The molecule has 0 bridgehead atoms. The van der Waals surface area contributed by atoms with Gasteiger partial charge in [-0.25, -0.2) is 0 Å². The number of hydrogen-bond acceptors (Lipinski definition) is 2. The predicted molar refractivity (Wildman–Crippen MR) is 63.3 cm³/mol. The quantitative estimate of drug-likeness (QED) is 0.926. The van der Waals surface area contributed by atoms with Crippen LogP contribution in [0, 0.1) is 0 Å². The van der Waals surface area contributed by atoms with Crippen molar-refractivity contribution >= 4 is 21.8 Å². The zero-order valence-corrected chi connectivity index (χ0v) is 11.2. The van der Waals surface area contributed by atoms with Gasteiger partial charge in [-0.1, -0.05) is 6.07 Å². The highest BCUT2D eigenvalue weighted by atomic mass is 79.9. The van der Waals surface area contributed by atoms with E-state index in [9.17, 15) is 18.0 Å². The van der Waals surface area contributed by atoms with Crippen LogP contribution >= 0.6 is 15.9 Å². The minimum Gasteiger partial charge on any atom is -0.496 e. The van der Waals surface area contributed by atoms with Gasteiger partial charge in [0.15, 0.2) is 6.04 Å². The molecule has 0 heterocycles. The molecule has 0 fully saturated rings. The fraction of sp³-hybridized carbons (Fsp3) is 0.364. The molecule has 7 heteroatoms. The summed E-state index contributed by atoms with van der Waals surface area (Å²) in [5, 5.41) is 1.88. The Labute approximate surface area is 110 Å². The van der Waals surface area contributed by atoms with E-state index in [1.165, 1.54) is 25.3 Å². The minimum absolute atomic E-state index is 0.0645. The van der Waals surface area contributed by atoms with Crippen LogP contribution in [0.5, 0.6) is 5.75 Å². The van der Waals surface area contributed by atoms with Crippen molar-refractivity contribution in [1.82, 2.24) is 5.32 Å². The first-order valence-electron chi connectivity index (χ1n) is 4.93. The number of hydrogen-bond donors (Lipinski definition) is 1. The molecule has 1 atom stereocenters. The molecule has 3 nitrogen and oxygen atoms in total. The van der Waals surface area contributed by atoms with E-state index in [1.807, 2.05) is 5.32 Å². The zero-order chi connectivity index (χ0) is 13.9. The summed E-state index contributed by atoms with van der Waals surface area (Å²) in [5.74, 6) is -0.327. The van der Waals surface area contributed by atoms with Gasteiger partial charge >= 0.3 is 6.18 Å². The number of carbonyl (C=O) groups is 1. The minimum atomic E-state index is -4.56. The van der Waals surface area contributed by atoms with Gasteiger partial charge in [-0.2, -0.15) is 13.2 Å². The Morgan fingerprint density at radius 3 is 2.44 bits per heavy atom. The summed E-state index contributed by atoms with van der Waals surface area (Å²) >= 11 is 3.10. The standard InChI is InChI=1S/C11H11BrF3NO2/c1-6(17)16-10(11(13,14)15)7-3-4-9(18-2)8(12)5-7/h3-5,10H,1-2H3,(H,16,17). The number of amides is 1. The van der Waals surface area contributed by atoms with E-state index >= 15 is 0 Å². The Morgan fingerprint density at radius 1 is 1.44 bits per heavy atom. The Morgan fingerprint density at radius 2 is 2.06 bits per heavy atom. The number of methoxy groups -OCH3 is 1. The average molecular weight is 326 g/mol. The molecular weight excluding hydrogens is 315 g/mol. The number of rotatable bonds is 3. The normalized spacial score (nSPS) is 13.0. The number of carbonyl (C=O) groups excluding carboxylic acids is 1. The van der Waals surface area contributed by atoms with E-state index in [-0.39, 0.29) is 5.56 Å². The highest BCUT2D eigenvalue weighted by Gasteiger charge is 2.41. The van der Waals surface area contributed by atoms with Gasteiger partial charge < -0.3 is 10.1 Å². The molecule has 0 aliphatic heterocycles. The molecule has 1 amide bonds. The second-order valence-electron chi connectivity index (χ2n) is 3.57. The van der Waals surface area contributed by atoms with E-state index in [1.54, 1.807) is 0 Å². The molecule has 0 spiro atoms. The summed E-state index contributed by atoms with van der Waals surface area (Å²) in [5.41, 5.74) is -0.0645. The van der Waals surface area contributed by atoms with Gasteiger partial charge in [0.25, 0.3) is 0 Å². The molecule has 0 saturated heterocycles. The maximum atomic E-state index is 12.8. The molecule has 1 N–H and O–H groups in total. The molecule has 0 aliphatic carbocycles. The van der Waals surface area contributed by atoms with Crippen LogP contribution in [0.1, 0.15) is 18.5 Å². The van der Waals surface area contributed by atoms with Crippen LogP contribution < -0.4 is 10.1 Å². The maximum absolute atomic E-state index is 12.8. The van der Waals surface area contributed by atoms with E-state index in [4.69, 9.17) is 4.74 Å². The molecule has 0 radical (unpaired) electrons. The van der Waals surface area contributed by atoms with Gasteiger partial charge in [-0.05, 0) is 33.6 Å². The third-order valence-electron chi connectivity index (χ3n) is 2.18. The molecule has 1 aromatic rings. The molecule has 0 saturated carbocycles. The van der Waals surface area contributed by atoms with Crippen LogP contribution in [0.3, 0.4) is 0 Å². The number of alkyl halides is 3. The lowest BCUT2D eigenvalue weighted by Gasteiger charge is -2.21. The van der Waals surface area contributed by atoms with Crippen molar-refractivity contribution in [2.45, 2.75) is 19.1 Å². The molecular formula is C11H11BrF3NO2. The Bertz CT molecular complexity index is 448. The van der Waals surface area contributed by atoms with Crippen molar-refractivity contribution in [3.63, 3.8) is 0 Å². The zero-order valence-electron chi connectivity index (χ0n) is 9.64. The second-order valence-corrected chi connectivity index (χ2v) is 4.42.